The van der Waals surface area contributed by atoms with Crippen molar-refractivity contribution in [2.24, 2.45) is 45.8 Å². The number of aliphatic hydroxyl groups is 2. The second-order valence-electron chi connectivity index (χ2n) is 12.7. The van der Waals surface area contributed by atoms with Crippen LogP contribution >= 0.6 is 0 Å². The highest BCUT2D eigenvalue weighted by atomic mass is 16.3. The number of rotatable bonds is 6. The van der Waals surface area contributed by atoms with Crippen molar-refractivity contribution in [3.63, 3.8) is 0 Å². The zero-order valence-electron chi connectivity index (χ0n) is 20.4. The third kappa shape index (κ3) is 3.35. The first-order valence-electron chi connectivity index (χ1n) is 13.2. The highest BCUT2D eigenvalue weighted by molar-refractivity contribution is 5.33. The lowest BCUT2D eigenvalue weighted by molar-refractivity contribution is -0.0820. The fourth-order valence-corrected chi connectivity index (χ4v) is 9.02. The molecule has 30 heavy (non-hydrogen) atoms. The summed E-state index contributed by atoms with van der Waals surface area (Å²) in [6.45, 7) is 12.6. The van der Waals surface area contributed by atoms with Crippen LogP contribution in [0.15, 0.2) is 11.6 Å². The maximum atomic E-state index is 10.9. The summed E-state index contributed by atoms with van der Waals surface area (Å²) in [5.74, 6) is 3.56. The quantitative estimate of drug-likeness (QED) is 0.470. The summed E-state index contributed by atoms with van der Waals surface area (Å²) in [5.41, 5.74) is 2.23. The van der Waals surface area contributed by atoms with Gasteiger partial charge in [-0.25, -0.2) is 0 Å². The van der Waals surface area contributed by atoms with Gasteiger partial charge in [-0.1, -0.05) is 65.5 Å². The zero-order chi connectivity index (χ0) is 21.7. The van der Waals surface area contributed by atoms with E-state index in [1.807, 2.05) is 0 Å². The van der Waals surface area contributed by atoms with Crippen molar-refractivity contribution in [3.05, 3.63) is 11.6 Å². The van der Waals surface area contributed by atoms with Crippen molar-refractivity contribution in [3.8, 4) is 0 Å². The van der Waals surface area contributed by atoms with Crippen LogP contribution in [0, 0.1) is 45.8 Å². The molecule has 2 heteroatoms. The predicted octanol–water partition coefficient (Wildman–Crippen LogP) is 6.75. The van der Waals surface area contributed by atoms with E-state index in [0.717, 1.165) is 43.4 Å². The predicted molar refractivity (Wildman–Crippen MR) is 125 cm³/mol. The second kappa shape index (κ2) is 8.22. The van der Waals surface area contributed by atoms with Crippen LogP contribution in [0.1, 0.15) is 105 Å². The Kier molecular flexibility index (Phi) is 6.26. The largest absolute Gasteiger partial charge is 0.395 e. The van der Waals surface area contributed by atoms with Crippen LogP contribution in [-0.4, -0.2) is 22.9 Å². The van der Waals surface area contributed by atoms with Crippen molar-refractivity contribution < 1.29 is 10.2 Å². The smallest absolute Gasteiger partial charge is 0.0543 e. The van der Waals surface area contributed by atoms with E-state index >= 15 is 0 Å². The van der Waals surface area contributed by atoms with Gasteiger partial charge in [-0.2, -0.15) is 0 Å². The molecule has 0 aromatic heterocycles. The van der Waals surface area contributed by atoms with Gasteiger partial charge in [-0.15, -0.1) is 0 Å². The number of allylic oxidation sites excluding steroid dienone is 1. The molecule has 0 aliphatic heterocycles. The Morgan fingerprint density at radius 1 is 1.03 bits per heavy atom. The molecule has 4 rings (SSSR count). The van der Waals surface area contributed by atoms with Crippen molar-refractivity contribution in [2.75, 3.05) is 6.61 Å². The highest BCUT2D eigenvalue weighted by Crippen LogP contribution is 2.72. The molecule has 0 saturated heterocycles. The van der Waals surface area contributed by atoms with E-state index < -0.39 is 0 Å². The fourth-order valence-electron chi connectivity index (χ4n) is 9.02. The molecule has 2 nitrogen and oxygen atoms in total. The molecule has 172 valence electrons. The van der Waals surface area contributed by atoms with Crippen LogP contribution in [0.3, 0.4) is 0 Å². The third-order valence-electron chi connectivity index (χ3n) is 11.0. The van der Waals surface area contributed by atoms with Gasteiger partial charge in [0.25, 0.3) is 0 Å². The Morgan fingerprint density at radius 3 is 2.50 bits per heavy atom. The lowest BCUT2D eigenvalue weighted by Crippen LogP contribution is -2.55. The molecule has 0 radical (unpaired) electrons. The first-order valence-corrected chi connectivity index (χ1v) is 13.2. The Morgan fingerprint density at radius 2 is 1.80 bits per heavy atom. The first-order chi connectivity index (χ1) is 14.2. The summed E-state index contributed by atoms with van der Waals surface area (Å²) < 4.78 is 0. The molecule has 3 saturated carbocycles. The molecule has 4 aliphatic carbocycles. The van der Waals surface area contributed by atoms with Crippen molar-refractivity contribution in [1.29, 1.82) is 0 Å². The topological polar surface area (TPSA) is 40.5 Å². The molecule has 8 atom stereocenters. The van der Waals surface area contributed by atoms with E-state index in [4.69, 9.17) is 0 Å². The molecule has 0 heterocycles. The Labute approximate surface area is 185 Å². The van der Waals surface area contributed by atoms with Gasteiger partial charge in [-0.3, -0.25) is 0 Å². The number of fused-ring (bicyclic) bond motifs is 5. The number of hydrogen-bond acceptors (Lipinski definition) is 2. The maximum absolute atomic E-state index is 10.9. The molecule has 0 amide bonds. The van der Waals surface area contributed by atoms with E-state index in [0.29, 0.717) is 23.9 Å². The van der Waals surface area contributed by atoms with Crippen molar-refractivity contribution >= 4 is 0 Å². The third-order valence-corrected chi connectivity index (χ3v) is 11.0. The number of aliphatic hydroxyl groups excluding tert-OH is 2. The van der Waals surface area contributed by atoms with Gasteiger partial charge in [0.05, 0.1) is 12.7 Å². The summed E-state index contributed by atoms with van der Waals surface area (Å²) >= 11 is 0. The van der Waals surface area contributed by atoms with Gasteiger partial charge in [-0.05, 0) is 91.8 Å². The monoisotopic (exact) mass is 416 g/mol. The van der Waals surface area contributed by atoms with Crippen molar-refractivity contribution in [1.82, 2.24) is 0 Å². The SMILES string of the molecule is CC(C)CCC[C@@H](C)[C@H]1CC[C@@]2(CO)C3=CC[C@H]4C[C@@H](O)CC[C@]4(C)[C@H]3CC[C@]12C. The minimum absolute atomic E-state index is 0.0108. The van der Waals surface area contributed by atoms with Crippen LogP contribution in [0.2, 0.25) is 0 Å². The Balaban J connectivity index is 1.60. The van der Waals surface area contributed by atoms with Crippen LogP contribution in [-0.2, 0) is 0 Å². The summed E-state index contributed by atoms with van der Waals surface area (Å²) in [6.07, 6.45) is 15.8. The molecule has 4 aliphatic rings. The van der Waals surface area contributed by atoms with Crippen LogP contribution in [0.5, 0.6) is 0 Å². The molecule has 0 unspecified atom stereocenters. The van der Waals surface area contributed by atoms with Gasteiger partial charge in [0.2, 0.25) is 0 Å². The highest BCUT2D eigenvalue weighted by Gasteiger charge is 2.65. The normalized spacial score (nSPS) is 46.7. The molecule has 0 bridgehead atoms. The van der Waals surface area contributed by atoms with Gasteiger partial charge in [0, 0.05) is 5.41 Å². The zero-order valence-corrected chi connectivity index (χ0v) is 20.4. The summed E-state index contributed by atoms with van der Waals surface area (Å²) in [6, 6.07) is 0. The minimum atomic E-state index is -0.0961. The van der Waals surface area contributed by atoms with Crippen LogP contribution < -0.4 is 0 Å². The molecule has 0 aromatic rings. The van der Waals surface area contributed by atoms with Crippen molar-refractivity contribution in [2.45, 2.75) is 111 Å². The Hall–Kier alpha value is -0.340. The second-order valence-corrected chi connectivity index (χ2v) is 12.7. The van der Waals surface area contributed by atoms with Gasteiger partial charge in [0.1, 0.15) is 0 Å². The summed E-state index contributed by atoms with van der Waals surface area (Å²) in [7, 11) is 0. The fraction of sp³-hybridized carbons (Fsp3) is 0.929. The van der Waals surface area contributed by atoms with E-state index in [1.54, 1.807) is 5.57 Å². The lowest BCUT2D eigenvalue weighted by atomic mass is 9.43. The first kappa shape index (κ1) is 22.8. The average Bonchev–Trinajstić information content (AvgIpc) is 3.01. The number of hydrogen-bond donors (Lipinski definition) is 2. The molecule has 0 spiro atoms. The standard InChI is InChI=1S/C28H48O2/c1-19(2)7-6-8-20(3)23-13-16-28(18-29)25-10-9-21-17-22(30)11-14-26(21,4)24(25)12-15-27(23,28)5/h10,19-24,29-30H,6-9,11-18H2,1-5H3/t20-,21+,22+,23-,24+,26+,27-,28-/m1/s1. The Bertz CT molecular complexity index is 653. The molecule has 2 N–H and O–H groups in total. The van der Waals surface area contributed by atoms with Gasteiger partial charge in [0.15, 0.2) is 0 Å². The van der Waals surface area contributed by atoms with E-state index in [2.05, 4.69) is 40.7 Å². The molecular formula is C28H48O2. The van der Waals surface area contributed by atoms with E-state index in [9.17, 15) is 10.2 Å². The van der Waals surface area contributed by atoms with Crippen LogP contribution in [0.25, 0.3) is 0 Å². The van der Waals surface area contributed by atoms with E-state index in [-0.39, 0.29) is 16.9 Å². The van der Waals surface area contributed by atoms with Gasteiger partial charge >= 0.3 is 0 Å². The molecular weight excluding hydrogens is 368 g/mol. The lowest BCUT2D eigenvalue weighted by Gasteiger charge is -2.62. The average molecular weight is 417 g/mol. The summed E-state index contributed by atoms with van der Waals surface area (Å²) in [4.78, 5) is 0. The maximum Gasteiger partial charge on any atom is 0.0543 e. The minimum Gasteiger partial charge on any atom is -0.395 e. The van der Waals surface area contributed by atoms with Crippen LogP contribution in [0.4, 0.5) is 0 Å². The van der Waals surface area contributed by atoms with E-state index in [1.165, 1.54) is 44.9 Å². The molecule has 0 aromatic carbocycles. The summed E-state index contributed by atoms with van der Waals surface area (Å²) in [5, 5.41) is 21.2. The molecule has 3 fully saturated rings. The van der Waals surface area contributed by atoms with Gasteiger partial charge < -0.3 is 10.2 Å².